The molecule has 1 fully saturated rings. The Morgan fingerprint density at radius 1 is 1.28 bits per heavy atom. The highest BCUT2D eigenvalue weighted by molar-refractivity contribution is 5.74. The lowest BCUT2D eigenvalue weighted by molar-refractivity contribution is -0.134. The normalized spacial score (nSPS) is 18.4. The van der Waals surface area contributed by atoms with Crippen molar-refractivity contribution >= 4 is 5.91 Å². The number of carbonyl (C=O) groups is 1. The van der Waals surface area contributed by atoms with Crippen molar-refractivity contribution < 1.29 is 9.53 Å². The maximum atomic E-state index is 12.1. The Balaban J connectivity index is 1.79. The first kappa shape index (κ1) is 17.5. The van der Waals surface area contributed by atoms with Crippen molar-refractivity contribution in [2.24, 2.45) is 7.05 Å². The third-order valence-electron chi connectivity index (χ3n) is 5.10. The zero-order valence-corrected chi connectivity index (χ0v) is 15.4. The van der Waals surface area contributed by atoms with Crippen molar-refractivity contribution in [3.05, 3.63) is 47.3 Å². The molecule has 0 saturated carbocycles. The van der Waals surface area contributed by atoms with Crippen molar-refractivity contribution in [1.29, 1.82) is 0 Å². The van der Waals surface area contributed by atoms with Gasteiger partial charge in [0.2, 0.25) is 5.91 Å². The van der Waals surface area contributed by atoms with Gasteiger partial charge in [-0.05, 0) is 24.6 Å². The summed E-state index contributed by atoms with van der Waals surface area (Å²) in [5.74, 6) is 0.954. The molecule has 0 bridgehead atoms. The highest BCUT2D eigenvalue weighted by atomic mass is 16.5. The number of aromatic nitrogens is 2. The molecule has 25 heavy (non-hydrogen) atoms. The first-order valence-electron chi connectivity index (χ1n) is 8.60. The lowest BCUT2D eigenvalue weighted by Gasteiger charge is -2.41. The van der Waals surface area contributed by atoms with Crippen LogP contribution in [0.25, 0.3) is 0 Å². The van der Waals surface area contributed by atoms with E-state index in [0.717, 1.165) is 37.5 Å². The molecule has 134 valence electrons. The second-order valence-corrected chi connectivity index (χ2v) is 6.62. The zero-order valence-electron chi connectivity index (χ0n) is 15.4. The number of ether oxygens (including phenoxy) is 1. The first-order chi connectivity index (χ1) is 12.0. The SMILES string of the molecule is COc1ccc([C@@H]2CN(Cc3cnn(C)c3C)CCN2C(C)=O)cc1. The summed E-state index contributed by atoms with van der Waals surface area (Å²) in [7, 11) is 3.63. The van der Waals surface area contributed by atoms with E-state index in [2.05, 4.69) is 29.1 Å². The lowest BCUT2D eigenvalue weighted by Crippen LogP contribution is -2.49. The van der Waals surface area contributed by atoms with E-state index in [-0.39, 0.29) is 11.9 Å². The predicted octanol–water partition coefficient (Wildman–Crippen LogP) is 2.14. The van der Waals surface area contributed by atoms with Crippen molar-refractivity contribution in [1.82, 2.24) is 19.6 Å². The van der Waals surface area contributed by atoms with Gasteiger partial charge in [-0.3, -0.25) is 14.4 Å². The van der Waals surface area contributed by atoms with E-state index in [4.69, 9.17) is 4.74 Å². The molecule has 6 heteroatoms. The fourth-order valence-corrected chi connectivity index (χ4v) is 3.41. The van der Waals surface area contributed by atoms with Gasteiger partial charge in [-0.25, -0.2) is 0 Å². The summed E-state index contributed by atoms with van der Waals surface area (Å²) >= 11 is 0. The van der Waals surface area contributed by atoms with Crippen LogP contribution in [0.5, 0.6) is 5.75 Å². The number of aryl methyl sites for hydroxylation is 1. The third-order valence-corrected chi connectivity index (χ3v) is 5.10. The number of carbonyl (C=O) groups excluding carboxylic acids is 1. The first-order valence-corrected chi connectivity index (χ1v) is 8.60. The largest absolute Gasteiger partial charge is 0.497 e. The number of amides is 1. The van der Waals surface area contributed by atoms with Crippen molar-refractivity contribution in [2.75, 3.05) is 26.7 Å². The number of methoxy groups -OCH3 is 1. The summed E-state index contributed by atoms with van der Waals surface area (Å²) in [5.41, 5.74) is 3.57. The molecule has 1 aromatic heterocycles. The molecule has 1 aliphatic heterocycles. The Kier molecular flexibility index (Phi) is 5.08. The summed E-state index contributed by atoms with van der Waals surface area (Å²) in [5, 5.41) is 4.33. The smallest absolute Gasteiger partial charge is 0.220 e. The van der Waals surface area contributed by atoms with Crippen molar-refractivity contribution in [3.8, 4) is 5.75 Å². The molecule has 6 nitrogen and oxygen atoms in total. The summed E-state index contributed by atoms with van der Waals surface area (Å²) in [6, 6.07) is 8.08. The number of nitrogens with zero attached hydrogens (tertiary/aromatic N) is 4. The van der Waals surface area contributed by atoms with Gasteiger partial charge in [-0.15, -0.1) is 0 Å². The van der Waals surface area contributed by atoms with Crippen LogP contribution < -0.4 is 4.74 Å². The standard InChI is InChI=1S/C19H26N4O2/c1-14-17(11-20-21(14)3)12-22-9-10-23(15(2)24)19(13-22)16-5-7-18(25-4)8-6-16/h5-8,11,19H,9-10,12-13H2,1-4H3/t19-/m0/s1. The third kappa shape index (κ3) is 3.69. The fourth-order valence-electron chi connectivity index (χ4n) is 3.41. The highest BCUT2D eigenvalue weighted by Crippen LogP contribution is 2.28. The molecule has 1 amide bonds. The van der Waals surface area contributed by atoms with Gasteiger partial charge in [0.25, 0.3) is 0 Å². The molecule has 2 heterocycles. The monoisotopic (exact) mass is 342 g/mol. The summed E-state index contributed by atoms with van der Waals surface area (Å²) in [4.78, 5) is 16.5. The van der Waals surface area contributed by atoms with Crippen LogP contribution in [0.15, 0.2) is 30.5 Å². The summed E-state index contributed by atoms with van der Waals surface area (Å²) in [6.07, 6.45) is 1.94. The van der Waals surface area contributed by atoms with E-state index in [1.807, 2.05) is 35.0 Å². The Hall–Kier alpha value is -2.34. The Morgan fingerprint density at radius 2 is 2.00 bits per heavy atom. The summed E-state index contributed by atoms with van der Waals surface area (Å²) < 4.78 is 7.15. The van der Waals surface area contributed by atoms with Crippen LogP contribution in [-0.4, -0.2) is 52.2 Å². The van der Waals surface area contributed by atoms with E-state index in [1.165, 1.54) is 11.3 Å². The van der Waals surface area contributed by atoms with E-state index < -0.39 is 0 Å². The van der Waals surface area contributed by atoms with Gasteiger partial charge < -0.3 is 9.64 Å². The van der Waals surface area contributed by atoms with Crippen LogP contribution in [0.2, 0.25) is 0 Å². The maximum Gasteiger partial charge on any atom is 0.220 e. The number of benzene rings is 1. The predicted molar refractivity (Wildman–Crippen MR) is 96.3 cm³/mol. The average Bonchev–Trinajstić information content (AvgIpc) is 2.93. The molecule has 0 N–H and O–H groups in total. The molecule has 2 aromatic rings. The van der Waals surface area contributed by atoms with Crippen LogP contribution in [0.4, 0.5) is 0 Å². The Labute approximate surface area is 149 Å². The quantitative estimate of drug-likeness (QED) is 0.854. The van der Waals surface area contributed by atoms with E-state index in [9.17, 15) is 4.79 Å². The van der Waals surface area contributed by atoms with Gasteiger partial charge >= 0.3 is 0 Å². The van der Waals surface area contributed by atoms with Gasteiger partial charge in [-0.2, -0.15) is 5.10 Å². The molecule has 3 rings (SSSR count). The molecule has 0 spiro atoms. The van der Waals surface area contributed by atoms with Crippen LogP contribution in [0.1, 0.15) is 29.8 Å². The van der Waals surface area contributed by atoms with Crippen LogP contribution in [-0.2, 0) is 18.4 Å². The summed E-state index contributed by atoms with van der Waals surface area (Å²) in [6.45, 7) is 7.04. The molecule has 0 aliphatic carbocycles. The second-order valence-electron chi connectivity index (χ2n) is 6.62. The average molecular weight is 342 g/mol. The van der Waals surface area contributed by atoms with Gasteiger partial charge in [0.1, 0.15) is 5.75 Å². The van der Waals surface area contributed by atoms with E-state index in [0.29, 0.717) is 0 Å². The lowest BCUT2D eigenvalue weighted by atomic mass is 10.0. The van der Waals surface area contributed by atoms with Gasteiger partial charge in [0.15, 0.2) is 0 Å². The van der Waals surface area contributed by atoms with Crippen LogP contribution in [0.3, 0.4) is 0 Å². The van der Waals surface area contributed by atoms with Gasteiger partial charge in [0, 0.05) is 51.4 Å². The molecule has 1 saturated heterocycles. The van der Waals surface area contributed by atoms with E-state index in [1.54, 1.807) is 14.0 Å². The Morgan fingerprint density at radius 3 is 2.56 bits per heavy atom. The molecule has 1 aliphatic rings. The van der Waals surface area contributed by atoms with Gasteiger partial charge in [-0.1, -0.05) is 12.1 Å². The number of rotatable bonds is 4. The van der Waals surface area contributed by atoms with Gasteiger partial charge in [0.05, 0.1) is 19.3 Å². The van der Waals surface area contributed by atoms with Crippen LogP contribution in [0, 0.1) is 6.92 Å². The molecular weight excluding hydrogens is 316 g/mol. The molecular formula is C19H26N4O2. The maximum absolute atomic E-state index is 12.1. The number of hydrogen-bond acceptors (Lipinski definition) is 4. The molecule has 1 aromatic carbocycles. The minimum atomic E-state index is 0.0640. The second kappa shape index (κ2) is 7.27. The number of piperazine rings is 1. The fraction of sp³-hybridized carbons (Fsp3) is 0.474. The molecule has 0 unspecified atom stereocenters. The highest BCUT2D eigenvalue weighted by Gasteiger charge is 2.30. The Bertz CT molecular complexity index is 738. The van der Waals surface area contributed by atoms with E-state index >= 15 is 0 Å². The minimum absolute atomic E-state index is 0.0640. The molecule has 0 radical (unpaired) electrons. The topological polar surface area (TPSA) is 50.6 Å². The van der Waals surface area contributed by atoms with Crippen LogP contribution >= 0.6 is 0 Å². The number of hydrogen-bond donors (Lipinski definition) is 0. The minimum Gasteiger partial charge on any atom is -0.497 e. The zero-order chi connectivity index (χ0) is 18.0. The van der Waals surface area contributed by atoms with Crippen molar-refractivity contribution in [3.63, 3.8) is 0 Å². The molecule has 1 atom stereocenters. The van der Waals surface area contributed by atoms with Crippen molar-refractivity contribution in [2.45, 2.75) is 26.4 Å².